The lowest BCUT2D eigenvalue weighted by atomic mass is 10.0. The molecular formula is C16H23N3S. The second-order valence-electron chi connectivity index (χ2n) is 5.67. The molecule has 0 amide bonds. The maximum Gasteiger partial charge on any atom is 0.0809 e. The van der Waals surface area contributed by atoms with E-state index in [4.69, 9.17) is 0 Å². The van der Waals surface area contributed by atoms with Crippen LogP contribution in [0, 0.1) is 0 Å². The third-order valence-electron chi connectivity index (χ3n) is 4.34. The average Bonchev–Trinajstić information content (AvgIpc) is 2.95. The monoisotopic (exact) mass is 289 g/mol. The number of piperidine rings is 1. The molecule has 3 rings (SSSR count). The van der Waals surface area contributed by atoms with Crippen molar-refractivity contribution >= 4 is 21.6 Å². The standard InChI is InChI=1S/C16H23N3S/c1-3-19-7-4-14(5-8-19)18-12(2)13-10-16-15(17-11-13)6-9-20-16/h6,9-12,14,18H,3-5,7-8H2,1-2H3. The summed E-state index contributed by atoms with van der Waals surface area (Å²) in [5.74, 6) is 0. The Kier molecular flexibility index (Phi) is 4.34. The van der Waals surface area contributed by atoms with Crippen molar-refractivity contribution in [1.82, 2.24) is 15.2 Å². The highest BCUT2D eigenvalue weighted by molar-refractivity contribution is 7.17. The predicted octanol–water partition coefficient (Wildman–Crippen LogP) is 3.43. The molecule has 3 heterocycles. The molecule has 2 aromatic heterocycles. The van der Waals surface area contributed by atoms with Gasteiger partial charge in [0, 0.05) is 18.3 Å². The molecule has 1 N–H and O–H groups in total. The number of hydrogen-bond donors (Lipinski definition) is 1. The lowest BCUT2D eigenvalue weighted by Gasteiger charge is -2.33. The van der Waals surface area contributed by atoms with Crippen molar-refractivity contribution in [2.24, 2.45) is 0 Å². The molecule has 108 valence electrons. The Bertz CT molecular complexity index is 558. The van der Waals surface area contributed by atoms with Gasteiger partial charge < -0.3 is 10.2 Å². The van der Waals surface area contributed by atoms with Crippen molar-refractivity contribution in [1.29, 1.82) is 0 Å². The molecule has 1 unspecified atom stereocenters. The van der Waals surface area contributed by atoms with Crippen LogP contribution in [0.1, 0.15) is 38.3 Å². The summed E-state index contributed by atoms with van der Waals surface area (Å²) in [6.07, 6.45) is 4.54. The van der Waals surface area contributed by atoms with Gasteiger partial charge in [0.05, 0.1) is 10.2 Å². The Balaban J connectivity index is 1.62. The van der Waals surface area contributed by atoms with Gasteiger partial charge in [-0.05, 0) is 62.5 Å². The number of likely N-dealkylation sites (tertiary alicyclic amines) is 1. The van der Waals surface area contributed by atoms with Gasteiger partial charge in [0.2, 0.25) is 0 Å². The Morgan fingerprint density at radius 3 is 3.00 bits per heavy atom. The van der Waals surface area contributed by atoms with E-state index in [1.807, 2.05) is 6.20 Å². The van der Waals surface area contributed by atoms with Gasteiger partial charge >= 0.3 is 0 Å². The Hall–Kier alpha value is -0.970. The van der Waals surface area contributed by atoms with E-state index < -0.39 is 0 Å². The van der Waals surface area contributed by atoms with E-state index in [1.54, 1.807) is 11.3 Å². The molecule has 1 saturated heterocycles. The summed E-state index contributed by atoms with van der Waals surface area (Å²) in [7, 11) is 0. The van der Waals surface area contributed by atoms with Gasteiger partial charge in [-0.1, -0.05) is 6.92 Å². The van der Waals surface area contributed by atoms with Crippen LogP contribution in [0.25, 0.3) is 10.2 Å². The summed E-state index contributed by atoms with van der Waals surface area (Å²) in [6.45, 7) is 8.13. The van der Waals surface area contributed by atoms with E-state index in [9.17, 15) is 0 Å². The molecule has 0 aromatic carbocycles. The second kappa shape index (κ2) is 6.20. The van der Waals surface area contributed by atoms with Crippen LogP contribution in [0.15, 0.2) is 23.7 Å². The van der Waals surface area contributed by atoms with Crippen molar-refractivity contribution in [2.45, 2.75) is 38.8 Å². The Morgan fingerprint density at radius 1 is 1.45 bits per heavy atom. The topological polar surface area (TPSA) is 28.2 Å². The molecule has 4 heteroatoms. The number of pyridine rings is 1. The van der Waals surface area contributed by atoms with Gasteiger partial charge in [0.15, 0.2) is 0 Å². The first-order chi connectivity index (χ1) is 9.76. The van der Waals surface area contributed by atoms with Crippen molar-refractivity contribution in [3.63, 3.8) is 0 Å². The maximum absolute atomic E-state index is 4.54. The lowest BCUT2D eigenvalue weighted by molar-refractivity contribution is 0.200. The van der Waals surface area contributed by atoms with Crippen molar-refractivity contribution in [3.05, 3.63) is 29.3 Å². The SMILES string of the molecule is CCN1CCC(NC(C)c2cnc3ccsc3c2)CC1. The summed E-state index contributed by atoms with van der Waals surface area (Å²) in [5.41, 5.74) is 2.42. The van der Waals surface area contributed by atoms with Gasteiger partial charge in [0.1, 0.15) is 0 Å². The fourth-order valence-electron chi connectivity index (χ4n) is 2.96. The van der Waals surface area contributed by atoms with Crippen LogP contribution in [-0.4, -0.2) is 35.6 Å². The molecule has 20 heavy (non-hydrogen) atoms. The minimum atomic E-state index is 0.382. The Labute approximate surface area is 125 Å². The maximum atomic E-state index is 4.54. The molecule has 1 atom stereocenters. The van der Waals surface area contributed by atoms with Gasteiger partial charge in [0.25, 0.3) is 0 Å². The number of rotatable bonds is 4. The highest BCUT2D eigenvalue weighted by Gasteiger charge is 2.20. The largest absolute Gasteiger partial charge is 0.307 e. The number of fused-ring (bicyclic) bond motifs is 1. The first-order valence-corrected chi connectivity index (χ1v) is 8.45. The average molecular weight is 289 g/mol. The minimum Gasteiger partial charge on any atom is -0.307 e. The summed E-state index contributed by atoms with van der Waals surface area (Å²) < 4.78 is 1.29. The molecule has 3 nitrogen and oxygen atoms in total. The van der Waals surface area contributed by atoms with E-state index in [0.29, 0.717) is 12.1 Å². The van der Waals surface area contributed by atoms with E-state index in [0.717, 1.165) is 5.52 Å². The van der Waals surface area contributed by atoms with Crippen molar-refractivity contribution in [2.75, 3.05) is 19.6 Å². The Morgan fingerprint density at radius 2 is 2.25 bits per heavy atom. The van der Waals surface area contributed by atoms with Crippen LogP contribution >= 0.6 is 11.3 Å². The molecule has 0 radical (unpaired) electrons. The predicted molar refractivity (Wildman–Crippen MR) is 86.3 cm³/mol. The van der Waals surface area contributed by atoms with Crippen LogP contribution < -0.4 is 5.32 Å². The normalized spacial score (nSPS) is 19.5. The highest BCUT2D eigenvalue weighted by Crippen LogP contribution is 2.23. The minimum absolute atomic E-state index is 0.382. The van der Waals surface area contributed by atoms with E-state index in [1.165, 1.54) is 42.7 Å². The third kappa shape index (κ3) is 3.03. The fourth-order valence-corrected chi connectivity index (χ4v) is 3.75. The van der Waals surface area contributed by atoms with E-state index >= 15 is 0 Å². The molecular weight excluding hydrogens is 266 g/mol. The van der Waals surface area contributed by atoms with Crippen LogP contribution in [0.2, 0.25) is 0 Å². The molecule has 1 aliphatic heterocycles. The second-order valence-corrected chi connectivity index (χ2v) is 6.62. The molecule has 0 spiro atoms. The number of hydrogen-bond acceptors (Lipinski definition) is 4. The van der Waals surface area contributed by atoms with Gasteiger partial charge in [-0.15, -0.1) is 11.3 Å². The number of nitrogens with zero attached hydrogens (tertiary/aromatic N) is 2. The number of nitrogens with one attached hydrogen (secondary N) is 1. The molecule has 2 aromatic rings. The molecule has 1 fully saturated rings. The zero-order chi connectivity index (χ0) is 13.9. The first-order valence-electron chi connectivity index (χ1n) is 7.58. The van der Waals surface area contributed by atoms with Crippen LogP contribution in [-0.2, 0) is 0 Å². The van der Waals surface area contributed by atoms with Crippen molar-refractivity contribution in [3.8, 4) is 0 Å². The highest BCUT2D eigenvalue weighted by atomic mass is 32.1. The summed E-state index contributed by atoms with van der Waals surface area (Å²) in [5, 5.41) is 5.89. The zero-order valence-electron chi connectivity index (χ0n) is 12.3. The van der Waals surface area contributed by atoms with Crippen LogP contribution in [0.4, 0.5) is 0 Å². The fraction of sp³-hybridized carbons (Fsp3) is 0.562. The number of thiophene rings is 1. The zero-order valence-corrected chi connectivity index (χ0v) is 13.1. The van der Waals surface area contributed by atoms with Gasteiger partial charge in [-0.25, -0.2) is 0 Å². The van der Waals surface area contributed by atoms with Crippen LogP contribution in [0.5, 0.6) is 0 Å². The summed E-state index contributed by atoms with van der Waals surface area (Å²) in [6, 6.07) is 5.40. The summed E-state index contributed by atoms with van der Waals surface area (Å²) >= 11 is 1.77. The third-order valence-corrected chi connectivity index (χ3v) is 5.20. The number of aromatic nitrogens is 1. The quantitative estimate of drug-likeness (QED) is 0.934. The van der Waals surface area contributed by atoms with E-state index in [-0.39, 0.29) is 0 Å². The van der Waals surface area contributed by atoms with E-state index in [2.05, 4.69) is 46.6 Å². The lowest BCUT2D eigenvalue weighted by Crippen LogP contribution is -2.43. The molecule has 0 bridgehead atoms. The van der Waals surface area contributed by atoms with Crippen molar-refractivity contribution < 1.29 is 0 Å². The molecule has 0 saturated carbocycles. The smallest absolute Gasteiger partial charge is 0.0809 e. The first kappa shape index (κ1) is 14.0. The molecule has 1 aliphatic rings. The summed E-state index contributed by atoms with van der Waals surface area (Å²) in [4.78, 5) is 7.07. The molecule has 0 aliphatic carbocycles. The van der Waals surface area contributed by atoms with Gasteiger partial charge in [-0.2, -0.15) is 0 Å². The van der Waals surface area contributed by atoms with Crippen LogP contribution in [0.3, 0.4) is 0 Å². The van der Waals surface area contributed by atoms with Gasteiger partial charge in [-0.3, -0.25) is 4.98 Å².